The van der Waals surface area contributed by atoms with Crippen LogP contribution in [0, 0.1) is 5.92 Å². The van der Waals surface area contributed by atoms with E-state index in [9.17, 15) is 4.79 Å². The van der Waals surface area contributed by atoms with Gasteiger partial charge in [0.15, 0.2) is 11.5 Å². The molecule has 2 aromatic rings. The summed E-state index contributed by atoms with van der Waals surface area (Å²) in [5.41, 5.74) is 3.68. The molecule has 3 aliphatic rings. The van der Waals surface area contributed by atoms with Crippen molar-refractivity contribution >= 4 is 11.7 Å². The van der Waals surface area contributed by atoms with Crippen molar-refractivity contribution in [3.05, 3.63) is 53.6 Å². The summed E-state index contributed by atoms with van der Waals surface area (Å²) in [6.07, 6.45) is 3.37. The van der Waals surface area contributed by atoms with Crippen LogP contribution >= 0.6 is 0 Å². The number of carbonyl (C=O) groups excluding carboxylic acids is 1. The van der Waals surface area contributed by atoms with Crippen molar-refractivity contribution in [3.63, 3.8) is 0 Å². The van der Waals surface area contributed by atoms with Crippen LogP contribution in [0.25, 0.3) is 0 Å². The second-order valence-electron chi connectivity index (χ2n) is 8.50. The van der Waals surface area contributed by atoms with Gasteiger partial charge < -0.3 is 19.7 Å². The highest BCUT2D eigenvalue weighted by atomic mass is 16.6. The molecular formula is C24H29N3O3. The van der Waals surface area contributed by atoms with Gasteiger partial charge in [0.25, 0.3) is 0 Å². The van der Waals surface area contributed by atoms with Gasteiger partial charge in [0, 0.05) is 44.5 Å². The van der Waals surface area contributed by atoms with Gasteiger partial charge >= 0.3 is 6.03 Å². The Morgan fingerprint density at radius 1 is 1.03 bits per heavy atom. The first kappa shape index (κ1) is 19.2. The van der Waals surface area contributed by atoms with E-state index in [-0.39, 0.29) is 6.03 Å². The minimum absolute atomic E-state index is 0.0274. The summed E-state index contributed by atoms with van der Waals surface area (Å²) >= 11 is 0. The zero-order valence-corrected chi connectivity index (χ0v) is 17.3. The first-order valence-electron chi connectivity index (χ1n) is 11.0. The van der Waals surface area contributed by atoms with Gasteiger partial charge in [0.1, 0.15) is 13.2 Å². The number of fused-ring (bicyclic) bond motifs is 2. The van der Waals surface area contributed by atoms with Gasteiger partial charge in [0.05, 0.1) is 0 Å². The lowest BCUT2D eigenvalue weighted by Gasteiger charge is -2.37. The minimum atomic E-state index is -0.0274. The molecule has 30 heavy (non-hydrogen) atoms. The van der Waals surface area contributed by atoms with Crippen LogP contribution in [0.4, 0.5) is 10.5 Å². The summed E-state index contributed by atoms with van der Waals surface area (Å²) in [6, 6.07) is 14.3. The van der Waals surface area contributed by atoms with Crippen LogP contribution in [-0.4, -0.2) is 55.2 Å². The second-order valence-corrected chi connectivity index (χ2v) is 8.50. The van der Waals surface area contributed by atoms with E-state index in [0.717, 1.165) is 57.0 Å². The Morgan fingerprint density at radius 2 is 1.87 bits per heavy atom. The number of amides is 2. The second kappa shape index (κ2) is 8.56. The Kier molecular flexibility index (Phi) is 5.49. The summed E-state index contributed by atoms with van der Waals surface area (Å²) in [5.74, 6) is 1.95. The van der Waals surface area contributed by atoms with Gasteiger partial charge in [-0.15, -0.1) is 0 Å². The van der Waals surface area contributed by atoms with E-state index in [0.29, 0.717) is 24.9 Å². The molecule has 0 saturated carbocycles. The van der Waals surface area contributed by atoms with E-state index in [1.54, 1.807) is 0 Å². The third kappa shape index (κ3) is 4.24. The highest BCUT2D eigenvalue weighted by molar-refractivity contribution is 5.89. The fourth-order valence-corrected chi connectivity index (χ4v) is 4.80. The molecule has 1 unspecified atom stereocenters. The number of likely N-dealkylation sites (tertiary alicyclic amines) is 1. The largest absolute Gasteiger partial charge is 0.486 e. The van der Waals surface area contributed by atoms with Crippen LogP contribution in [-0.2, 0) is 13.0 Å². The maximum atomic E-state index is 12.9. The monoisotopic (exact) mass is 407 g/mol. The molecule has 3 heterocycles. The smallest absolute Gasteiger partial charge is 0.321 e. The lowest BCUT2D eigenvalue weighted by molar-refractivity contribution is 0.140. The van der Waals surface area contributed by atoms with Gasteiger partial charge in [0.2, 0.25) is 0 Å². The van der Waals surface area contributed by atoms with Gasteiger partial charge in [-0.1, -0.05) is 24.3 Å². The highest BCUT2D eigenvalue weighted by Gasteiger charge is 2.27. The highest BCUT2D eigenvalue weighted by Crippen LogP contribution is 2.33. The molecule has 2 aromatic carbocycles. The topological polar surface area (TPSA) is 54.0 Å². The normalized spacial score (nSPS) is 21.1. The summed E-state index contributed by atoms with van der Waals surface area (Å²) in [6.45, 7) is 5.93. The molecule has 1 saturated heterocycles. The fraction of sp³-hybridized carbons (Fsp3) is 0.458. The number of carbonyl (C=O) groups is 1. The fourth-order valence-electron chi connectivity index (χ4n) is 4.80. The Morgan fingerprint density at radius 3 is 2.77 bits per heavy atom. The molecule has 6 nitrogen and oxygen atoms in total. The van der Waals surface area contributed by atoms with E-state index in [2.05, 4.69) is 34.5 Å². The summed E-state index contributed by atoms with van der Waals surface area (Å²) in [5, 5.41) is 3.04. The molecule has 2 amide bonds. The molecule has 158 valence electrons. The summed E-state index contributed by atoms with van der Waals surface area (Å²) < 4.78 is 11.2. The van der Waals surface area contributed by atoms with Crippen molar-refractivity contribution in [2.75, 3.05) is 44.7 Å². The number of benzene rings is 2. The minimum Gasteiger partial charge on any atom is -0.486 e. The summed E-state index contributed by atoms with van der Waals surface area (Å²) in [4.78, 5) is 17.4. The standard InChI is InChI=1S/C24H29N3O3/c28-24(25-21-7-8-22-23(14-21)30-13-12-29-22)27-10-3-4-18(16-27)15-26-11-9-19-5-1-2-6-20(19)17-26/h1-2,5-8,14,18H,3-4,9-13,15-17H2,(H,25,28). The van der Waals surface area contributed by atoms with Crippen LogP contribution in [0.3, 0.4) is 0 Å². The van der Waals surface area contributed by atoms with E-state index in [1.807, 2.05) is 23.1 Å². The molecule has 1 fully saturated rings. The van der Waals surface area contributed by atoms with Crippen LogP contribution in [0.15, 0.2) is 42.5 Å². The lowest BCUT2D eigenvalue weighted by atomic mass is 9.95. The molecule has 0 aliphatic carbocycles. The van der Waals surface area contributed by atoms with Crippen LogP contribution < -0.4 is 14.8 Å². The Labute approximate surface area is 177 Å². The van der Waals surface area contributed by atoms with Crippen LogP contribution in [0.5, 0.6) is 11.5 Å². The number of piperidine rings is 1. The van der Waals surface area contributed by atoms with E-state index >= 15 is 0 Å². The maximum Gasteiger partial charge on any atom is 0.321 e. The quantitative estimate of drug-likeness (QED) is 0.842. The van der Waals surface area contributed by atoms with Gasteiger partial charge in [-0.3, -0.25) is 4.90 Å². The van der Waals surface area contributed by atoms with Crippen LogP contribution in [0.2, 0.25) is 0 Å². The zero-order chi connectivity index (χ0) is 20.3. The van der Waals surface area contributed by atoms with Crippen molar-refractivity contribution in [2.24, 2.45) is 5.92 Å². The number of hydrogen-bond donors (Lipinski definition) is 1. The molecule has 5 rings (SSSR count). The molecule has 3 aliphatic heterocycles. The average Bonchev–Trinajstić information content (AvgIpc) is 2.79. The number of urea groups is 1. The van der Waals surface area contributed by atoms with Crippen molar-refractivity contribution in [1.82, 2.24) is 9.80 Å². The first-order valence-corrected chi connectivity index (χ1v) is 11.0. The molecule has 6 heteroatoms. The number of nitrogens with zero attached hydrogens (tertiary/aromatic N) is 2. The van der Waals surface area contributed by atoms with Crippen molar-refractivity contribution < 1.29 is 14.3 Å². The number of hydrogen-bond acceptors (Lipinski definition) is 4. The SMILES string of the molecule is O=C(Nc1ccc2c(c1)OCCO2)N1CCCC(CN2CCc3ccccc3C2)C1. The molecule has 0 radical (unpaired) electrons. The molecule has 0 aromatic heterocycles. The van der Waals surface area contributed by atoms with Gasteiger partial charge in [-0.05, 0) is 48.4 Å². The van der Waals surface area contributed by atoms with Crippen molar-refractivity contribution in [3.8, 4) is 11.5 Å². The predicted octanol–water partition coefficient (Wildman–Crippen LogP) is 3.76. The molecule has 0 spiro atoms. The number of rotatable bonds is 3. The Hall–Kier alpha value is -2.73. The predicted molar refractivity (Wildman–Crippen MR) is 116 cm³/mol. The summed E-state index contributed by atoms with van der Waals surface area (Å²) in [7, 11) is 0. The molecule has 1 N–H and O–H groups in total. The third-order valence-electron chi connectivity index (χ3n) is 6.33. The Bertz CT molecular complexity index is 916. The number of nitrogens with one attached hydrogen (secondary N) is 1. The van der Waals surface area contributed by atoms with Gasteiger partial charge in [-0.2, -0.15) is 0 Å². The van der Waals surface area contributed by atoms with E-state index in [4.69, 9.17) is 9.47 Å². The molecule has 0 bridgehead atoms. The molecule has 1 atom stereocenters. The van der Waals surface area contributed by atoms with Crippen LogP contribution in [0.1, 0.15) is 24.0 Å². The van der Waals surface area contributed by atoms with Crippen molar-refractivity contribution in [2.45, 2.75) is 25.8 Å². The maximum absolute atomic E-state index is 12.9. The number of ether oxygens (including phenoxy) is 2. The third-order valence-corrected chi connectivity index (χ3v) is 6.33. The average molecular weight is 408 g/mol. The lowest BCUT2D eigenvalue weighted by Crippen LogP contribution is -2.46. The van der Waals surface area contributed by atoms with E-state index in [1.165, 1.54) is 17.5 Å². The van der Waals surface area contributed by atoms with E-state index < -0.39 is 0 Å². The number of anilines is 1. The Balaban J connectivity index is 1.17. The van der Waals surface area contributed by atoms with Gasteiger partial charge in [-0.25, -0.2) is 4.79 Å². The van der Waals surface area contributed by atoms with Crippen molar-refractivity contribution in [1.29, 1.82) is 0 Å². The first-order chi connectivity index (χ1) is 14.7. The zero-order valence-electron chi connectivity index (χ0n) is 17.3. The molecular weight excluding hydrogens is 378 g/mol.